The van der Waals surface area contributed by atoms with Gasteiger partial charge in [-0.25, -0.2) is 4.57 Å². The van der Waals surface area contributed by atoms with E-state index in [1.807, 2.05) is 17.7 Å². The van der Waals surface area contributed by atoms with E-state index in [-0.39, 0.29) is 10.8 Å². The number of benzene rings is 3. The van der Waals surface area contributed by atoms with Crippen LogP contribution in [0.5, 0.6) is 0 Å². The Morgan fingerprint density at radius 3 is 2.00 bits per heavy atom. The van der Waals surface area contributed by atoms with Crippen molar-refractivity contribution in [1.29, 1.82) is 0 Å². The summed E-state index contributed by atoms with van der Waals surface area (Å²) in [4.78, 5) is 0. The number of aryl methyl sites for hydroxylation is 3. The molecule has 0 radical (unpaired) electrons. The Kier molecular flexibility index (Phi) is 3.52. The lowest BCUT2D eigenvalue weighted by molar-refractivity contribution is -0.660. The SMILES string of the molecule is [2H]C([2H])([2H])c1ccc(-c2cc3c(cc2C)C(C)(C)C(C)(C)c2cc4ccccc4cc2-3)[n+](C)c1. The molecular weight excluding hydrogens is 374 g/mol. The molecule has 1 nitrogen and oxygen atoms in total. The van der Waals surface area contributed by atoms with Crippen molar-refractivity contribution in [1.82, 2.24) is 0 Å². The predicted octanol–water partition coefficient (Wildman–Crippen LogP) is 7.18. The van der Waals surface area contributed by atoms with Crippen LogP contribution in [-0.4, -0.2) is 0 Å². The highest BCUT2D eigenvalue weighted by Gasteiger charge is 2.46. The number of pyridine rings is 1. The molecule has 3 aromatic carbocycles. The minimum absolute atomic E-state index is 0.0423. The molecule has 1 heterocycles. The minimum Gasteiger partial charge on any atom is -0.201 e. The van der Waals surface area contributed by atoms with Crippen LogP contribution in [0.4, 0.5) is 0 Å². The smallest absolute Gasteiger partial charge is 0.201 e. The second kappa shape index (κ2) is 6.53. The standard InChI is InChI=1S/C30H32N/c1-19-12-13-28(31(7)18-19)23-17-25-24-15-21-10-8-9-11-22(21)16-27(24)30(5,6)29(3,4)26(25)14-20(23)2/h8-18H,1-7H3/q+1/i1D3. The molecule has 1 aliphatic rings. The van der Waals surface area contributed by atoms with Gasteiger partial charge in [-0.2, -0.15) is 0 Å². The summed E-state index contributed by atoms with van der Waals surface area (Å²) in [5.41, 5.74) is 8.90. The average Bonchev–Trinajstić information content (AvgIpc) is 2.76. The highest BCUT2D eigenvalue weighted by Crippen LogP contribution is 2.55. The molecule has 1 aromatic heterocycles. The van der Waals surface area contributed by atoms with Crippen LogP contribution in [0.3, 0.4) is 0 Å². The van der Waals surface area contributed by atoms with Crippen LogP contribution in [0.1, 0.15) is 54.1 Å². The van der Waals surface area contributed by atoms with E-state index in [2.05, 4.69) is 83.1 Å². The fourth-order valence-electron chi connectivity index (χ4n) is 5.26. The third kappa shape index (κ3) is 2.79. The van der Waals surface area contributed by atoms with Gasteiger partial charge in [0, 0.05) is 21.3 Å². The van der Waals surface area contributed by atoms with Crippen molar-refractivity contribution >= 4 is 10.8 Å². The van der Waals surface area contributed by atoms with Crippen LogP contribution in [0.25, 0.3) is 33.2 Å². The molecule has 156 valence electrons. The average molecular weight is 410 g/mol. The third-order valence-electron chi connectivity index (χ3n) is 7.86. The number of rotatable bonds is 1. The Labute approximate surface area is 190 Å². The first-order valence-electron chi connectivity index (χ1n) is 12.5. The van der Waals surface area contributed by atoms with E-state index in [9.17, 15) is 0 Å². The fourth-order valence-corrected chi connectivity index (χ4v) is 5.26. The van der Waals surface area contributed by atoms with Crippen molar-refractivity contribution in [2.75, 3.05) is 0 Å². The minimum atomic E-state index is -2.11. The van der Waals surface area contributed by atoms with E-state index in [0.717, 1.165) is 11.3 Å². The van der Waals surface area contributed by atoms with Crippen LogP contribution in [0.15, 0.2) is 66.9 Å². The van der Waals surface area contributed by atoms with Crippen LogP contribution >= 0.6 is 0 Å². The van der Waals surface area contributed by atoms with Gasteiger partial charge in [-0.15, -0.1) is 0 Å². The summed E-state index contributed by atoms with van der Waals surface area (Å²) in [7, 11) is 1.93. The summed E-state index contributed by atoms with van der Waals surface area (Å²) < 4.78 is 25.2. The maximum absolute atomic E-state index is 7.76. The molecule has 0 unspecified atom stereocenters. The Balaban J connectivity index is 1.80. The lowest BCUT2D eigenvalue weighted by Gasteiger charge is -2.48. The fraction of sp³-hybridized carbons (Fsp3) is 0.300. The van der Waals surface area contributed by atoms with Crippen LogP contribution in [-0.2, 0) is 17.9 Å². The number of nitrogens with zero attached hydrogens (tertiary/aromatic N) is 1. The molecule has 0 amide bonds. The van der Waals surface area contributed by atoms with Gasteiger partial charge in [0.25, 0.3) is 0 Å². The summed E-state index contributed by atoms with van der Waals surface area (Å²) in [5.74, 6) is 0. The largest absolute Gasteiger partial charge is 0.212 e. The molecule has 4 aromatic rings. The van der Waals surface area contributed by atoms with Gasteiger partial charge in [-0.1, -0.05) is 58.0 Å². The zero-order valence-electron chi connectivity index (χ0n) is 22.3. The molecule has 5 rings (SSSR count). The first-order valence-corrected chi connectivity index (χ1v) is 11.0. The van der Waals surface area contributed by atoms with E-state index >= 15 is 0 Å². The second-order valence-corrected chi connectivity index (χ2v) is 10.1. The van der Waals surface area contributed by atoms with Gasteiger partial charge in [0.1, 0.15) is 7.05 Å². The van der Waals surface area contributed by atoms with Crippen molar-refractivity contribution in [2.24, 2.45) is 7.05 Å². The summed E-state index contributed by atoms with van der Waals surface area (Å²) in [6.07, 6.45) is 1.73. The Hall–Kier alpha value is -2.93. The van der Waals surface area contributed by atoms with Crippen molar-refractivity contribution < 1.29 is 8.68 Å². The van der Waals surface area contributed by atoms with Crippen LogP contribution in [0.2, 0.25) is 0 Å². The number of hydrogen-bond donors (Lipinski definition) is 0. The second-order valence-electron chi connectivity index (χ2n) is 10.1. The van der Waals surface area contributed by atoms with E-state index in [4.69, 9.17) is 4.11 Å². The molecule has 0 aliphatic heterocycles. The van der Waals surface area contributed by atoms with Gasteiger partial charge in [0.05, 0.1) is 0 Å². The van der Waals surface area contributed by atoms with Gasteiger partial charge in [0.15, 0.2) is 6.20 Å². The molecule has 0 spiro atoms. The summed E-state index contributed by atoms with van der Waals surface area (Å²) in [5, 5.41) is 2.52. The Bertz CT molecular complexity index is 1460. The topological polar surface area (TPSA) is 3.88 Å². The van der Waals surface area contributed by atoms with Gasteiger partial charge in [0.2, 0.25) is 5.69 Å². The summed E-state index contributed by atoms with van der Waals surface area (Å²) >= 11 is 0. The van der Waals surface area contributed by atoms with E-state index < -0.39 is 6.85 Å². The Morgan fingerprint density at radius 2 is 1.35 bits per heavy atom. The van der Waals surface area contributed by atoms with E-state index in [1.165, 1.54) is 38.6 Å². The molecule has 1 heteroatoms. The molecule has 0 saturated heterocycles. The number of hydrogen-bond acceptors (Lipinski definition) is 0. The maximum atomic E-state index is 7.76. The van der Waals surface area contributed by atoms with Crippen molar-refractivity contribution in [2.45, 2.75) is 52.3 Å². The quantitative estimate of drug-likeness (QED) is 0.293. The monoisotopic (exact) mass is 409 g/mol. The van der Waals surface area contributed by atoms with E-state index in [0.29, 0.717) is 5.56 Å². The number of fused-ring (bicyclic) bond motifs is 4. The maximum Gasteiger partial charge on any atom is 0.212 e. The van der Waals surface area contributed by atoms with Gasteiger partial charge in [-0.3, -0.25) is 0 Å². The van der Waals surface area contributed by atoms with Gasteiger partial charge in [-0.05, 0) is 87.5 Å². The highest BCUT2D eigenvalue weighted by molar-refractivity contribution is 5.93. The summed E-state index contributed by atoms with van der Waals surface area (Å²) in [6, 6.07) is 21.6. The normalized spacial score (nSPS) is 17.9. The molecule has 0 fully saturated rings. The molecule has 0 N–H and O–H groups in total. The molecule has 0 atom stereocenters. The molecule has 1 aliphatic carbocycles. The zero-order chi connectivity index (χ0) is 24.6. The summed E-state index contributed by atoms with van der Waals surface area (Å²) in [6.45, 7) is 9.48. The van der Waals surface area contributed by atoms with Gasteiger partial charge >= 0.3 is 0 Å². The molecular formula is C30H32N+. The van der Waals surface area contributed by atoms with Crippen molar-refractivity contribution in [3.8, 4) is 22.4 Å². The zero-order valence-corrected chi connectivity index (χ0v) is 19.3. The third-order valence-corrected chi connectivity index (χ3v) is 7.86. The van der Waals surface area contributed by atoms with E-state index in [1.54, 1.807) is 12.3 Å². The molecule has 0 saturated carbocycles. The van der Waals surface area contributed by atoms with Crippen LogP contribution in [0, 0.1) is 13.8 Å². The van der Waals surface area contributed by atoms with Crippen molar-refractivity contribution in [3.63, 3.8) is 0 Å². The number of aromatic nitrogens is 1. The molecule has 31 heavy (non-hydrogen) atoms. The van der Waals surface area contributed by atoms with Gasteiger partial charge < -0.3 is 0 Å². The molecule has 0 bridgehead atoms. The first kappa shape index (κ1) is 16.7. The highest BCUT2D eigenvalue weighted by atomic mass is 14.9. The van der Waals surface area contributed by atoms with Crippen LogP contribution < -0.4 is 4.57 Å². The van der Waals surface area contributed by atoms with Crippen molar-refractivity contribution in [3.05, 3.63) is 89.1 Å². The predicted molar refractivity (Wildman–Crippen MR) is 132 cm³/mol. The lowest BCUT2D eigenvalue weighted by atomic mass is 9.55. The lowest BCUT2D eigenvalue weighted by Crippen LogP contribution is -2.43. The first-order chi connectivity index (χ1) is 15.8. The Morgan fingerprint density at radius 1 is 0.742 bits per heavy atom.